The molecule has 212 valence electrons. The van der Waals surface area contributed by atoms with Crippen LogP contribution >= 0.6 is 11.3 Å². The molecule has 0 atom stereocenters. The van der Waals surface area contributed by atoms with Crippen molar-refractivity contribution in [2.24, 2.45) is 0 Å². The van der Waals surface area contributed by atoms with Gasteiger partial charge in [0.05, 0.1) is 10.4 Å². The number of nitrogens with zero attached hydrogens (tertiary/aromatic N) is 1. The Morgan fingerprint density at radius 1 is 0.467 bits per heavy atom. The van der Waals surface area contributed by atoms with Gasteiger partial charge in [-0.2, -0.15) is 0 Å². The molecule has 0 unspecified atom stereocenters. The number of thiophene rings is 1. The van der Waals surface area contributed by atoms with Crippen LogP contribution in [0.5, 0.6) is 0 Å². The number of fused-ring (bicyclic) bond motifs is 5. The third-order valence-corrected chi connectivity index (χ3v) is 9.87. The van der Waals surface area contributed by atoms with E-state index in [-0.39, 0.29) is 0 Å². The second-order valence-corrected chi connectivity index (χ2v) is 12.4. The molecule has 2 aromatic heterocycles. The number of para-hydroxylation sites is 1. The van der Waals surface area contributed by atoms with E-state index in [1.165, 1.54) is 42.1 Å². The zero-order valence-corrected chi connectivity index (χ0v) is 25.2. The fourth-order valence-electron chi connectivity index (χ4n) is 6.51. The van der Waals surface area contributed by atoms with Crippen LogP contribution in [0.1, 0.15) is 0 Å². The molecule has 0 amide bonds. The van der Waals surface area contributed by atoms with Gasteiger partial charge in [0, 0.05) is 32.1 Å². The van der Waals surface area contributed by atoms with Gasteiger partial charge in [0.1, 0.15) is 11.3 Å². The molecule has 9 aromatic rings. The molecule has 0 bridgehead atoms. The van der Waals surface area contributed by atoms with Gasteiger partial charge in [0.2, 0.25) is 0 Å². The summed E-state index contributed by atoms with van der Waals surface area (Å²) < 4.78 is 9.32. The summed E-state index contributed by atoms with van der Waals surface area (Å²) in [5, 5.41) is 6.02. The molecule has 0 saturated heterocycles. The van der Waals surface area contributed by atoms with Crippen LogP contribution in [-0.2, 0) is 0 Å². The van der Waals surface area contributed by atoms with Crippen molar-refractivity contribution in [1.82, 2.24) is 0 Å². The molecular formula is C42H27NOS. The van der Waals surface area contributed by atoms with Crippen molar-refractivity contribution in [2.45, 2.75) is 0 Å². The zero-order chi connectivity index (χ0) is 29.7. The second kappa shape index (κ2) is 10.5. The van der Waals surface area contributed by atoms with E-state index in [2.05, 4.69) is 163 Å². The molecular weight excluding hydrogens is 567 g/mol. The summed E-state index contributed by atoms with van der Waals surface area (Å²) in [5.74, 6) is 0.854. The summed E-state index contributed by atoms with van der Waals surface area (Å²) in [5.41, 5.74) is 7.56. The van der Waals surface area contributed by atoms with Gasteiger partial charge in [-0.15, -0.1) is 11.3 Å². The molecule has 0 aliphatic rings. The molecule has 9 rings (SSSR count). The zero-order valence-electron chi connectivity index (χ0n) is 24.4. The minimum absolute atomic E-state index is 0.854. The Morgan fingerprint density at radius 3 is 2.00 bits per heavy atom. The maximum absolute atomic E-state index is 6.78. The molecule has 0 radical (unpaired) electrons. The van der Waals surface area contributed by atoms with Gasteiger partial charge in [0.15, 0.2) is 5.76 Å². The number of hydrogen-bond acceptors (Lipinski definition) is 3. The van der Waals surface area contributed by atoms with Crippen molar-refractivity contribution < 1.29 is 4.42 Å². The minimum atomic E-state index is 0.854. The first-order valence-electron chi connectivity index (χ1n) is 15.2. The van der Waals surface area contributed by atoms with Crippen LogP contribution in [-0.4, -0.2) is 0 Å². The summed E-state index contributed by atoms with van der Waals surface area (Å²) in [6.07, 6.45) is 0. The highest BCUT2D eigenvalue weighted by molar-refractivity contribution is 7.26. The smallest absolute Gasteiger partial charge is 0.159 e. The Kier molecular flexibility index (Phi) is 6.03. The van der Waals surface area contributed by atoms with Gasteiger partial charge >= 0.3 is 0 Å². The Hall–Kier alpha value is -5.64. The molecule has 2 heterocycles. The number of rotatable bonds is 5. The fourth-order valence-corrected chi connectivity index (χ4v) is 7.72. The number of benzene rings is 7. The van der Waals surface area contributed by atoms with Gasteiger partial charge in [0.25, 0.3) is 0 Å². The van der Waals surface area contributed by atoms with Gasteiger partial charge < -0.3 is 9.32 Å². The van der Waals surface area contributed by atoms with Crippen LogP contribution in [0.4, 0.5) is 17.1 Å². The second-order valence-electron chi connectivity index (χ2n) is 11.3. The number of hydrogen-bond donors (Lipinski definition) is 0. The van der Waals surface area contributed by atoms with Gasteiger partial charge in [-0.3, -0.25) is 0 Å². The van der Waals surface area contributed by atoms with E-state index >= 15 is 0 Å². The molecule has 0 fully saturated rings. The Balaban J connectivity index is 1.34. The monoisotopic (exact) mass is 593 g/mol. The van der Waals surface area contributed by atoms with Crippen molar-refractivity contribution in [2.75, 3.05) is 4.90 Å². The molecule has 45 heavy (non-hydrogen) atoms. The summed E-state index contributed by atoms with van der Waals surface area (Å²) in [6, 6.07) is 58.3. The summed E-state index contributed by atoms with van der Waals surface area (Å²) in [6.45, 7) is 0. The Bertz CT molecular complexity index is 2490. The van der Waals surface area contributed by atoms with E-state index in [1.807, 2.05) is 17.4 Å². The van der Waals surface area contributed by atoms with Crippen LogP contribution in [0, 0.1) is 0 Å². The lowest BCUT2D eigenvalue weighted by molar-refractivity contribution is 0.632. The maximum Gasteiger partial charge on any atom is 0.159 e. The topological polar surface area (TPSA) is 16.4 Å². The molecule has 7 aromatic carbocycles. The number of anilines is 3. The Labute approximate surface area is 265 Å². The molecule has 0 saturated carbocycles. The maximum atomic E-state index is 6.78. The summed E-state index contributed by atoms with van der Waals surface area (Å²) >= 11 is 1.85. The van der Waals surface area contributed by atoms with E-state index in [1.54, 1.807) is 0 Å². The molecule has 0 spiro atoms. The van der Waals surface area contributed by atoms with E-state index in [9.17, 15) is 0 Å². The predicted octanol–water partition coefficient (Wildman–Crippen LogP) is 12.8. The molecule has 0 N–H and O–H groups in total. The summed E-state index contributed by atoms with van der Waals surface area (Å²) in [7, 11) is 0. The highest BCUT2D eigenvalue weighted by Crippen LogP contribution is 2.51. The average molecular weight is 594 g/mol. The Morgan fingerprint density at radius 2 is 1.13 bits per heavy atom. The number of furan rings is 1. The van der Waals surface area contributed by atoms with Crippen LogP contribution < -0.4 is 4.90 Å². The fraction of sp³-hybridized carbons (Fsp3) is 0. The average Bonchev–Trinajstić information content (AvgIpc) is 3.68. The van der Waals surface area contributed by atoms with Crippen molar-refractivity contribution >= 4 is 70.3 Å². The highest BCUT2D eigenvalue weighted by Gasteiger charge is 2.26. The summed E-state index contributed by atoms with van der Waals surface area (Å²) in [4.78, 5) is 2.41. The molecule has 3 heteroatoms. The third-order valence-electron chi connectivity index (χ3n) is 8.66. The minimum Gasteiger partial charge on any atom is -0.454 e. The molecule has 0 aliphatic heterocycles. The predicted molar refractivity (Wildman–Crippen MR) is 192 cm³/mol. The molecule has 2 nitrogen and oxygen atoms in total. The first-order valence-corrected chi connectivity index (χ1v) is 16.0. The standard InChI is InChI=1S/C42H27NOS/c1-2-11-28(12-3-1)30-23-25-33(26-24-30)43(37-18-10-17-35-34-15-7-9-20-39(34)45-42(35)37)40-36-16-6-8-19-38(36)44-41(40)32-22-21-29-13-4-5-14-31(29)27-32/h1-27H. The molecule has 0 aliphatic carbocycles. The van der Waals surface area contributed by atoms with Crippen LogP contribution in [0.3, 0.4) is 0 Å². The van der Waals surface area contributed by atoms with E-state index < -0.39 is 0 Å². The quantitative estimate of drug-likeness (QED) is 0.197. The normalized spacial score (nSPS) is 11.6. The van der Waals surface area contributed by atoms with Crippen molar-refractivity contribution in [1.29, 1.82) is 0 Å². The lowest BCUT2D eigenvalue weighted by Gasteiger charge is -2.26. The van der Waals surface area contributed by atoms with E-state index in [0.29, 0.717) is 0 Å². The lowest BCUT2D eigenvalue weighted by Crippen LogP contribution is -2.10. The van der Waals surface area contributed by atoms with Crippen LogP contribution in [0.15, 0.2) is 168 Å². The first kappa shape index (κ1) is 25.8. The van der Waals surface area contributed by atoms with Gasteiger partial charge in [-0.25, -0.2) is 0 Å². The first-order chi connectivity index (χ1) is 22.3. The van der Waals surface area contributed by atoms with Gasteiger partial charge in [-0.1, -0.05) is 121 Å². The van der Waals surface area contributed by atoms with Crippen molar-refractivity contribution in [3.8, 4) is 22.5 Å². The lowest BCUT2D eigenvalue weighted by atomic mass is 10.0. The van der Waals surface area contributed by atoms with Crippen molar-refractivity contribution in [3.05, 3.63) is 164 Å². The van der Waals surface area contributed by atoms with Crippen LogP contribution in [0.2, 0.25) is 0 Å². The van der Waals surface area contributed by atoms with Crippen LogP contribution in [0.25, 0.3) is 64.4 Å². The largest absolute Gasteiger partial charge is 0.454 e. The highest BCUT2D eigenvalue weighted by atomic mass is 32.1. The van der Waals surface area contributed by atoms with E-state index in [0.717, 1.165) is 39.4 Å². The SMILES string of the molecule is c1ccc(-c2ccc(N(c3c(-c4ccc5ccccc5c4)oc4ccccc34)c3cccc4c3sc3ccccc34)cc2)cc1. The van der Waals surface area contributed by atoms with Crippen molar-refractivity contribution in [3.63, 3.8) is 0 Å². The van der Waals surface area contributed by atoms with Gasteiger partial charge in [-0.05, 0) is 64.4 Å². The van der Waals surface area contributed by atoms with E-state index in [4.69, 9.17) is 4.42 Å². The third kappa shape index (κ3) is 4.32.